The van der Waals surface area contributed by atoms with E-state index in [-0.39, 0.29) is 30.4 Å². The molecular formula is C19H25N5O4S. The van der Waals surface area contributed by atoms with Gasteiger partial charge < -0.3 is 5.32 Å². The Morgan fingerprint density at radius 1 is 1.21 bits per heavy atom. The molecule has 9 nitrogen and oxygen atoms in total. The lowest BCUT2D eigenvalue weighted by Crippen LogP contribution is -2.30. The van der Waals surface area contributed by atoms with Gasteiger partial charge in [0.2, 0.25) is 15.9 Å². The highest BCUT2D eigenvalue weighted by Gasteiger charge is 2.17. The summed E-state index contributed by atoms with van der Waals surface area (Å²) in [7, 11) is -3.44. The van der Waals surface area contributed by atoms with Gasteiger partial charge in [0, 0.05) is 25.2 Å². The second-order valence-corrected chi connectivity index (χ2v) is 8.77. The summed E-state index contributed by atoms with van der Waals surface area (Å²) in [5.74, 6) is 0.203. The number of rotatable bonds is 8. The van der Waals surface area contributed by atoms with E-state index in [0.717, 1.165) is 31.5 Å². The first-order valence-electron chi connectivity index (χ1n) is 9.51. The largest absolute Gasteiger partial charge is 0.346 e. The van der Waals surface area contributed by atoms with Crippen molar-refractivity contribution in [1.82, 2.24) is 19.1 Å². The van der Waals surface area contributed by atoms with Crippen LogP contribution in [0.2, 0.25) is 0 Å². The third-order valence-electron chi connectivity index (χ3n) is 4.62. The zero-order chi connectivity index (χ0) is 20.9. The lowest BCUT2D eigenvalue weighted by Gasteiger charge is -2.07. The number of amides is 1. The molecule has 29 heavy (non-hydrogen) atoms. The standard InChI is InChI=1S/C19H25N5O4S/c1-2-11-20-29(27,28)14-15-7-9-16(10-8-15)21-18(25)13-24-19(26)23-12-5-3-4-6-17(23)22-24/h2,7-10,20H,1,3-6,11-14H2,(H,21,25). The van der Waals surface area contributed by atoms with Crippen LogP contribution in [-0.2, 0) is 40.1 Å². The first kappa shape index (κ1) is 21.0. The number of aromatic nitrogens is 3. The Hall–Kier alpha value is -2.72. The van der Waals surface area contributed by atoms with Crippen molar-refractivity contribution in [2.24, 2.45) is 0 Å². The van der Waals surface area contributed by atoms with Crippen LogP contribution in [0.5, 0.6) is 0 Å². The Bertz CT molecular complexity index is 1040. The number of fused-ring (bicyclic) bond motifs is 1. The second-order valence-electron chi connectivity index (χ2n) is 6.96. The molecule has 10 heteroatoms. The Kier molecular flexibility index (Phi) is 6.65. The van der Waals surface area contributed by atoms with Gasteiger partial charge in [-0.25, -0.2) is 22.6 Å². The number of hydrogen-bond acceptors (Lipinski definition) is 5. The van der Waals surface area contributed by atoms with E-state index in [1.54, 1.807) is 28.8 Å². The molecule has 156 valence electrons. The summed E-state index contributed by atoms with van der Waals surface area (Å²) in [4.78, 5) is 24.7. The van der Waals surface area contributed by atoms with Gasteiger partial charge in [0.1, 0.15) is 12.4 Å². The molecule has 2 heterocycles. The first-order chi connectivity index (χ1) is 13.9. The van der Waals surface area contributed by atoms with Crippen LogP contribution < -0.4 is 15.7 Å². The molecular weight excluding hydrogens is 394 g/mol. The summed E-state index contributed by atoms with van der Waals surface area (Å²) < 4.78 is 29.0. The number of sulfonamides is 1. The molecule has 3 rings (SSSR count). The summed E-state index contributed by atoms with van der Waals surface area (Å²) in [5, 5.41) is 7.00. The third-order valence-corrected chi connectivity index (χ3v) is 5.94. The Morgan fingerprint density at radius 3 is 2.69 bits per heavy atom. The molecule has 0 saturated carbocycles. The van der Waals surface area contributed by atoms with Crippen LogP contribution in [0.4, 0.5) is 5.69 Å². The van der Waals surface area contributed by atoms with E-state index in [9.17, 15) is 18.0 Å². The number of aryl methyl sites for hydroxylation is 1. The van der Waals surface area contributed by atoms with E-state index >= 15 is 0 Å². The molecule has 0 spiro atoms. The summed E-state index contributed by atoms with van der Waals surface area (Å²) in [6.45, 7) is 4.12. The van der Waals surface area contributed by atoms with Crippen molar-refractivity contribution in [3.05, 3.63) is 58.8 Å². The molecule has 0 bridgehead atoms. The molecule has 0 fully saturated rings. The van der Waals surface area contributed by atoms with Crippen LogP contribution in [0.25, 0.3) is 0 Å². The zero-order valence-corrected chi connectivity index (χ0v) is 17.0. The van der Waals surface area contributed by atoms with E-state index in [1.165, 1.54) is 10.8 Å². The van der Waals surface area contributed by atoms with Crippen LogP contribution in [-0.4, -0.2) is 35.2 Å². The van der Waals surface area contributed by atoms with E-state index in [0.29, 0.717) is 17.8 Å². The maximum absolute atomic E-state index is 12.4. The highest BCUT2D eigenvalue weighted by atomic mass is 32.2. The fraction of sp³-hybridized carbons (Fsp3) is 0.421. The molecule has 0 atom stereocenters. The monoisotopic (exact) mass is 419 g/mol. The highest BCUT2D eigenvalue weighted by Crippen LogP contribution is 2.13. The molecule has 1 amide bonds. The van der Waals surface area contributed by atoms with E-state index < -0.39 is 10.0 Å². The van der Waals surface area contributed by atoms with Gasteiger partial charge in [-0.05, 0) is 30.5 Å². The summed E-state index contributed by atoms with van der Waals surface area (Å²) >= 11 is 0. The number of carbonyl (C=O) groups excluding carboxylic acids is 1. The molecule has 0 saturated heterocycles. The number of nitrogens with zero attached hydrogens (tertiary/aromatic N) is 3. The summed E-state index contributed by atoms with van der Waals surface area (Å²) in [5.41, 5.74) is 0.849. The fourth-order valence-electron chi connectivity index (χ4n) is 3.21. The summed E-state index contributed by atoms with van der Waals surface area (Å²) in [6, 6.07) is 6.52. The first-order valence-corrected chi connectivity index (χ1v) is 11.2. The molecule has 1 aromatic carbocycles. The third kappa shape index (κ3) is 5.64. The van der Waals surface area contributed by atoms with Crippen molar-refractivity contribution in [2.75, 3.05) is 11.9 Å². The Labute approximate surface area is 169 Å². The van der Waals surface area contributed by atoms with Crippen LogP contribution in [0, 0.1) is 0 Å². The minimum Gasteiger partial charge on any atom is -0.324 e. The zero-order valence-electron chi connectivity index (χ0n) is 16.1. The Balaban J connectivity index is 1.60. The van der Waals surface area contributed by atoms with Gasteiger partial charge in [-0.1, -0.05) is 24.6 Å². The predicted octanol–water partition coefficient (Wildman–Crippen LogP) is 1.02. The van der Waals surface area contributed by atoms with Gasteiger partial charge in [-0.3, -0.25) is 9.36 Å². The van der Waals surface area contributed by atoms with Gasteiger partial charge in [0.15, 0.2) is 0 Å². The van der Waals surface area contributed by atoms with Crippen molar-refractivity contribution in [3.8, 4) is 0 Å². The number of benzene rings is 1. The Morgan fingerprint density at radius 2 is 1.97 bits per heavy atom. The van der Waals surface area contributed by atoms with Crippen molar-refractivity contribution in [2.45, 2.75) is 44.5 Å². The smallest absolute Gasteiger partial charge is 0.324 e. The van der Waals surface area contributed by atoms with Crippen LogP contribution >= 0.6 is 0 Å². The quantitative estimate of drug-likeness (QED) is 0.620. The lowest BCUT2D eigenvalue weighted by molar-refractivity contribution is -0.117. The van der Waals surface area contributed by atoms with Crippen molar-refractivity contribution in [1.29, 1.82) is 0 Å². The molecule has 2 N–H and O–H groups in total. The fourth-order valence-corrected chi connectivity index (χ4v) is 4.31. The van der Waals surface area contributed by atoms with E-state index in [4.69, 9.17) is 0 Å². The molecule has 1 aliphatic heterocycles. The van der Waals surface area contributed by atoms with E-state index in [2.05, 4.69) is 21.7 Å². The lowest BCUT2D eigenvalue weighted by atomic mass is 10.2. The van der Waals surface area contributed by atoms with Gasteiger partial charge in [0.05, 0.1) is 5.75 Å². The SMILES string of the molecule is C=CCNS(=O)(=O)Cc1ccc(NC(=O)Cn2nc3n(c2=O)CCCCC3)cc1. The average molecular weight is 420 g/mol. The van der Waals surface area contributed by atoms with Gasteiger partial charge >= 0.3 is 5.69 Å². The van der Waals surface area contributed by atoms with Crippen LogP contribution in [0.15, 0.2) is 41.7 Å². The maximum Gasteiger partial charge on any atom is 0.346 e. The molecule has 1 aliphatic rings. The molecule has 0 radical (unpaired) electrons. The maximum atomic E-state index is 12.4. The van der Waals surface area contributed by atoms with Crippen molar-refractivity contribution < 1.29 is 13.2 Å². The van der Waals surface area contributed by atoms with Crippen LogP contribution in [0.3, 0.4) is 0 Å². The number of carbonyl (C=O) groups is 1. The molecule has 0 aliphatic carbocycles. The van der Waals surface area contributed by atoms with Crippen molar-refractivity contribution in [3.63, 3.8) is 0 Å². The van der Waals surface area contributed by atoms with Gasteiger partial charge in [0.25, 0.3) is 0 Å². The van der Waals surface area contributed by atoms with Crippen molar-refractivity contribution >= 4 is 21.6 Å². The number of hydrogen-bond donors (Lipinski definition) is 2. The predicted molar refractivity (Wildman–Crippen MR) is 110 cm³/mol. The minimum atomic E-state index is -3.44. The topological polar surface area (TPSA) is 115 Å². The normalized spacial score (nSPS) is 14.1. The van der Waals surface area contributed by atoms with Gasteiger partial charge in [-0.15, -0.1) is 6.58 Å². The number of anilines is 1. The van der Waals surface area contributed by atoms with Gasteiger partial charge in [-0.2, -0.15) is 5.10 Å². The number of nitrogens with one attached hydrogen (secondary N) is 2. The molecule has 1 aromatic heterocycles. The highest BCUT2D eigenvalue weighted by molar-refractivity contribution is 7.88. The minimum absolute atomic E-state index is 0.162. The molecule has 2 aromatic rings. The summed E-state index contributed by atoms with van der Waals surface area (Å²) in [6.07, 6.45) is 5.23. The average Bonchev–Trinajstić information content (AvgIpc) is 2.84. The molecule has 0 unspecified atom stereocenters. The second kappa shape index (κ2) is 9.19. The van der Waals surface area contributed by atoms with Crippen LogP contribution in [0.1, 0.15) is 30.7 Å². The van der Waals surface area contributed by atoms with E-state index in [1.807, 2.05) is 0 Å².